The first-order valence-corrected chi connectivity index (χ1v) is 13.9. The molecule has 2 aromatic carbocycles. The Hall–Kier alpha value is -3.13. The molecule has 0 aliphatic carbocycles. The molecule has 0 unspecified atom stereocenters. The van der Waals surface area contributed by atoms with Gasteiger partial charge in [0, 0.05) is 43.0 Å². The predicted octanol–water partition coefficient (Wildman–Crippen LogP) is 4.63. The van der Waals surface area contributed by atoms with Crippen LogP contribution in [0.5, 0.6) is 0 Å². The second kappa shape index (κ2) is 10.2. The second-order valence-electron chi connectivity index (χ2n) is 9.20. The van der Waals surface area contributed by atoms with E-state index in [9.17, 15) is 13.2 Å². The molecule has 4 rings (SSSR count). The molecule has 1 saturated heterocycles. The zero-order valence-corrected chi connectivity index (χ0v) is 21.6. The van der Waals surface area contributed by atoms with E-state index in [4.69, 9.17) is 4.52 Å². The maximum Gasteiger partial charge on any atom is 0.276 e. The van der Waals surface area contributed by atoms with E-state index >= 15 is 0 Å². The van der Waals surface area contributed by atoms with Crippen molar-refractivity contribution in [2.45, 2.75) is 46.7 Å². The van der Waals surface area contributed by atoms with Gasteiger partial charge < -0.3 is 14.3 Å². The van der Waals surface area contributed by atoms with Crippen molar-refractivity contribution < 1.29 is 17.7 Å². The predicted molar refractivity (Wildman–Crippen MR) is 138 cm³/mol. The minimum Gasteiger partial charge on any atom is -0.372 e. The highest BCUT2D eigenvalue weighted by molar-refractivity contribution is 7.91. The molecule has 1 atom stereocenters. The molecule has 1 fully saturated rings. The van der Waals surface area contributed by atoms with Crippen LogP contribution in [0.15, 0.2) is 53.1 Å². The van der Waals surface area contributed by atoms with Gasteiger partial charge in [0.25, 0.3) is 5.91 Å². The monoisotopic (exact) mass is 495 g/mol. The van der Waals surface area contributed by atoms with Gasteiger partial charge in [-0.2, -0.15) is 0 Å². The number of sulfone groups is 1. The van der Waals surface area contributed by atoms with Crippen molar-refractivity contribution in [1.82, 2.24) is 10.1 Å². The van der Waals surface area contributed by atoms with Crippen LogP contribution in [0, 0.1) is 13.8 Å². The Kier molecular flexibility index (Phi) is 7.31. The molecule has 1 aliphatic rings. The number of rotatable bonds is 8. The lowest BCUT2D eigenvalue weighted by molar-refractivity contribution is 0.0670. The van der Waals surface area contributed by atoms with Crippen LogP contribution in [0.1, 0.15) is 47.4 Å². The van der Waals surface area contributed by atoms with Gasteiger partial charge in [0.05, 0.1) is 11.5 Å². The largest absolute Gasteiger partial charge is 0.372 e. The number of anilines is 1. The number of aryl methyl sites for hydroxylation is 2. The van der Waals surface area contributed by atoms with E-state index in [1.165, 1.54) is 5.56 Å². The lowest BCUT2D eigenvalue weighted by Gasteiger charge is -2.28. The van der Waals surface area contributed by atoms with Crippen molar-refractivity contribution in [2.24, 2.45) is 0 Å². The average molecular weight is 496 g/mol. The Balaban J connectivity index is 1.60. The standard InChI is InChI=1S/C27H33N3O4S/c1-5-29(6-2)23-11-8-21(9-12-23)17-30(24-13-14-35(32,33)18-24)27(31)25-16-26(34-28-25)22-10-7-19(3)20(4)15-22/h7-12,15-16,24H,5-6,13-14,17-18H2,1-4H3/t24-/m1/s1. The molecule has 1 aliphatic heterocycles. The number of carbonyl (C=O) groups excluding carboxylic acids is 1. The molecular weight excluding hydrogens is 462 g/mol. The summed E-state index contributed by atoms with van der Waals surface area (Å²) >= 11 is 0. The summed E-state index contributed by atoms with van der Waals surface area (Å²) in [5, 5.41) is 4.05. The summed E-state index contributed by atoms with van der Waals surface area (Å²) in [6.45, 7) is 10.4. The topological polar surface area (TPSA) is 83.7 Å². The zero-order chi connectivity index (χ0) is 25.2. The molecule has 0 spiro atoms. The van der Waals surface area contributed by atoms with Crippen molar-refractivity contribution in [3.63, 3.8) is 0 Å². The number of hydrogen-bond donors (Lipinski definition) is 0. The molecule has 0 saturated carbocycles. The maximum absolute atomic E-state index is 13.6. The van der Waals surface area contributed by atoms with Gasteiger partial charge in [-0.3, -0.25) is 4.79 Å². The van der Waals surface area contributed by atoms with Crippen molar-refractivity contribution in [3.8, 4) is 11.3 Å². The Morgan fingerprint density at radius 2 is 1.74 bits per heavy atom. The first-order valence-electron chi connectivity index (χ1n) is 12.1. The first-order chi connectivity index (χ1) is 16.7. The lowest BCUT2D eigenvalue weighted by atomic mass is 10.0. The van der Waals surface area contributed by atoms with E-state index in [2.05, 4.69) is 23.9 Å². The van der Waals surface area contributed by atoms with Crippen LogP contribution in [-0.4, -0.2) is 55.0 Å². The Morgan fingerprint density at radius 1 is 1.03 bits per heavy atom. The van der Waals surface area contributed by atoms with Gasteiger partial charge in [0.2, 0.25) is 0 Å². The lowest BCUT2D eigenvalue weighted by Crippen LogP contribution is -2.40. The Bertz CT molecular complexity index is 1290. The maximum atomic E-state index is 13.6. The second-order valence-corrected chi connectivity index (χ2v) is 11.4. The fourth-order valence-corrected chi connectivity index (χ4v) is 6.27. The number of aromatic nitrogens is 1. The molecule has 0 bridgehead atoms. The van der Waals surface area contributed by atoms with E-state index in [-0.39, 0.29) is 23.1 Å². The van der Waals surface area contributed by atoms with Crippen molar-refractivity contribution in [3.05, 3.63) is 70.9 Å². The smallest absolute Gasteiger partial charge is 0.276 e. The molecular formula is C27H33N3O4S. The number of nitrogens with zero attached hydrogens (tertiary/aromatic N) is 3. The fraction of sp³-hybridized carbons (Fsp3) is 0.407. The first kappa shape index (κ1) is 25.0. The van der Waals surface area contributed by atoms with Crippen LogP contribution in [-0.2, 0) is 16.4 Å². The van der Waals surface area contributed by atoms with Crippen LogP contribution < -0.4 is 4.90 Å². The number of hydrogen-bond acceptors (Lipinski definition) is 6. The Labute approximate surface area is 207 Å². The fourth-order valence-electron chi connectivity index (χ4n) is 4.54. The van der Waals surface area contributed by atoms with Gasteiger partial charge >= 0.3 is 0 Å². The van der Waals surface area contributed by atoms with Gasteiger partial charge in [0.15, 0.2) is 21.3 Å². The van der Waals surface area contributed by atoms with Gasteiger partial charge in [-0.25, -0.2) is 8.42 Å². The number of amides is 1. The molecule has 2 heterocycles. The number of carbonyl (C=O) groups is 1. The van der Waals surface area contributed by atoms with E-state index in [0.29, 0.717) is 18.7 Å². The minimum absolute atomic E-state index is 0.0296. The molecule has 0 radical (unpaired) electrons. The molecule has 3 aromatic rings. The number of benzene rings is 2. The minimum atomic E-state index is -3.16. The van der Waals surface area contributed by atoms with Crippen molar-refractivity contribution >= 4 is 21.4 Å². The molecule has 1 amide bonds. The molecule has 7 nitrogen and oxygen atoms in total. The summed E-state index contributed by atoms with van der Waals surface area (Å²) in [6, 6.07) is 15.3. The van der Waals surface area contributed by atoms with E-state index in [0.717, 1.165) is 35.5 Å². The van der Waals surface area contributed by atoms with Crippen LogP contribution in [0.3, 0.4) is 0 Å². The molecule has 0 N–H and O–H groups in total. The molecule has 8 heteroatoms. The van der Waals surface area contributed by atoms with Crippen LogP contribution in [0.25, 0.3) is 11.3 Å². The molecule has 35 heavy (non-hydrogen) atoms. The quantitative estimate of drug-likeness (QED) is 0.453. The summed E-state index contributed by atoms with van der Waals surface area (Å²) in [6.07, 6.45) is 0.424. The zero-order valence-electron chi connectivity index (χ0n) is 20.8. The van der Waals surface area contributed by atoms with Crippen LogP contribution >= 0.6 is 0 Å². The third-order valence-electron chi connectivity index (χ3n) is 6.85. The van der Waals surface area contributed by atoms with Crippen LogP contribution in [0.4, 0.5) is 5.69 Å². The third kappa shape index (κ3) is 5.59. The summed E-state index contributed by atoms with van der Waals surface area (Å²) in [4.78, 5) is 17.5. The third-order valence-corrected chi connectivity index (χ3v) is 8.60. The highest BCUT2D eigenvalue weighted by Gasteiger charge is 2.36. The summed E-state index contributed by atoms with van der Waals surface area (Å²) < 4.78 is 29.9. The van der Waals surface area contributed by atoms with Crippen LogP contribution in [0.2, 0.25) is 0 Å². The van der Waals surface area contributed by atoms with Crippen molar-refractivity contribution in [1.29, 1.82) is 0 Å². The van der Waals surface area contributed by atoms with E-state index in [1.807, 2.05) is 56.3 Å². The summed E-state index contributed by atoms with van der Waals surface area (Å²) in [5.74, 6) is 0.255. The highest BCUT2D eigenvalue weighted by Crippen LogP contribution is 2.27. The SMILES string of the molecule is CCN(CC)c1ccc(CN(C(=O)c2cc(-c3ccc(C)c(C)c3)on2)[C@@H]2CCS(=O)(=O)C2)cc1. The summed E-state index contributed by atoms with van der Waals surface area (Å²) in [7, 11) is -3.16. The summed E-state index contributed by atoms with van der Waals surface area (Å²) in [5.41, 5.74) is 5.39. The normalized spacial score (nSPS) is 16.9. The van der Waals surface area contributed by atoms with Crippen molar-refractivity contribution in [2.75, 3.05) is 29.5 Å². The Morgan fingerprint density at radius 3 is 2.34 bits per heavy atom. The van der Waals surface area contributed by atoms with E-state index in [1.54, 1.807) is 11.0 Å². The van der Waals surface area contributed by atoms with E-state index < -0.39 is 15.9 Å². The average Bonchev–Trinajstić information content (AvgIpc) is 3.47. The van der Waals surface area contributed by atoms with Gasteiger partial charge in [-0.1, -0.05) is 29.4 Å². The van der Waals surface area contributed by atoms with Gasteiger partial charge in [-0.15, -0.1) is 0 Å². The molecule has 186 valence electrons. The highest BCUT2D eigenvalue weighted by atomic mass is 32.2. The van der Waals surface area contributed by atoms with Gasteiger partial charge in [-0.05, 0) is 69.0 Å². The molecule has 1 aromatic heterocycles. The van der Waals surface area contributed by atoms with Gasteiger partial charge in [0.1, 0.15) is 0 Å².